The van der Waals surface area contributed by atoms with E-state index < -0.39 is 41.8 Å². The number of benzene rings is 2. The van der Waals surface area contributed by atoms with Crippen molar-refractivity contribution in [1.29, 1.82) is 5.26 Å². The number of halogens is 5. The molecule has 2 aliphatic rings. The predicted octanol–water partition coefficient (Wildman–Crippen LogP) is 3.39. The molecule has 11 nitrogen and oxygen atoms in total. The topological polar surface area (TPSA) is 144 Å². The lowest BCUT2D eigenvalue weighted by molar-refractivity contribution is -0.929. The molecule has 2 aliphatic heterocycles. The molecule has 3 aromatic rings. The molecule has 2 aromatic carbocycles. The molecule has 46 heavy (non-hydrogen) atoms. The predicted molar refractivity (Wildman–Crippen MR) is 150 cm³/mol. The number of nitriles is 1. The van der Waals surface area contributed by atoms with Crippen molar-refractivity contribution < 1.29 is 45.9 Å². The first kappa shape index (κ1) is 33.8. The summed E-state index contributed by atoms with van der Waals surface area (Å²) >= 11 is 0. The molecular formula is C30H29F5N6O5. The van der Waals surface area contributed by atoms with Crippen molar-refractivity contribution >= 4 is 24.1 Å². The van der Waals surface area contributed by atoms with Crippen LogP contribution < -0.4 is 15.7 Å². The van der Waals surface area contributed by atoms with Gasteiger partial charge in [0.25, 0.3) is 5.92 Å². The maximum Gasteiger partial charge on any atom is 0.416 e. The SMILES string of the molecule is COC(=O)C1=C(C)N(c2cccc(C(F)(F)F)c2)c2n[nH]c(=O)n2C1c1ccc(C#N)cc1C[N+]1(C)CCC(F)(F)CC1.O=C[O-]. The molecular weight excluding hydrogens is 619 g/mol. The van der Waals surface area contributed by atoms with Crippen molar-refractivity contribution in [2.75, 3.05) is 32.1 Å². The van der Waals surface area contributed by atoms with Crippen LogP contribution in [0, 0.1) is 11.3 Å². The van der Waals surface area contributed by atoms with Crippen LogP contribution in [0.3, 0.4) is 0 Å². The van der Waals surface area contributed by atoms with Crippen LogP contribution in [-0.4, -0.2) is 64.9 Å². The minimum absolute atomic E-state index is 0.000193. The average Bonchev–Trinajstić information content (AvgIpc) is 3.38. The summed E-state index contributed by atoms with van der Waals surface area (Å²) in [7, 11) is 2.97. The molecule has 0 radical (unpaired) electrons. The van der Waals surface area contributed by atoms with E-state index in [9.17, 15) is 36.8 Å². The molecule has 1 N–H and O–H groups in total. The van der Waals surface area contributed by atoms with E-state index >= 15 is 0 Å². The van der Waals surface area contributed by atoms with Gasteiger partial charge in [0.15, 0.2) is 0 Å². The number of carbonyl (C=O) groups is 2. The summed E-state index contributed by atoms with van der Waals surface area (Å²) in [4.78, 5) is 36.2. The van der Waals surface area contributed by atoms with Gasteiger partial charge in [-0.15, -0.1) is 5.10 Å². The number of likely N-dealkylation sites (tertiary alicyclic amines) is 1. The molecule has 0 bridgehead atoms. The number of fused-ring (bicyclic) bond motifs is 1. The lowest BCUT2D eigenvalue weighted by Gasteiger charge is -2.41. The van der Waals surface area contributed by atoms with E-state index in [-0.39, 0.29) is 65.4 Å². The Hall–Kier alpha value is -5.04. The second-order valence-electron chi connectivity index (χ2n) is 11.2. The summed E-state index contributed by atoms with van der Waals surface area (Å²) in [6.45, 7) is 1.54. The number of allylic oxidation sites excluding steroid dienone is 1. The van der Waals surface area contributed by atoms with Gasteiger partial charge in [0.2, 0.25) is 5.95 Å². The molecule has 1 aromatic heterocycles. The lowest BCUT2D eigenvalue weighted by atomic mass is 9.89. The van der Waals surface area contributed by atoms with Crippen molar-refractivity contribution in [3.63, 3.8) is 0 Å². The fraction of sp³-hybridized carbons (Fsp3) is 0.367. The zero-order valence-corrected chi connectivity index (χ0v) is 24.9. The van der Waals surface area contributed by atoms with Crippen LogP contribution in [-0.2, 0) is 27.0 Å². The van der Waals surface area contributed by atoms with Gasteiger partial charge in [-0.1, -0.05) is 12.1 Å². The Bertz CT molecular complexity index is 1760. The normalized spacial score (nSPS) is 18.5. The second kappa shape index (κ2) is 12.8. The number of nitrogens with one attached hydrogen (secondary N) is 1. The maximum atomic E-state index is 14.0. The summed E-state index contributed by atoms with van der Waals surface area (Å²) < 4.78 is 75.3. The van der Waals surface area contributed by atoms with E-state index in [1.807, 2.05) is 7.05 Å². The fourth-order valence-electron chi connectivity index (χ4n) is 5.83. The fourth-order valence-corrected chi connectivity index (χ4v) is 5.83. The Kier molecular flexibility index (Phi) is 9.38. The third-order valence-corrected chi connectivity index (χ3v) is 8.13. The number of hydrogen-bond acceptors (Lipinski definition) is 8. The zero-order chi connectivity index (χ0) is 34.0. The number of ether oxygens (including phenoxy) is 1. The van der Waals surface area contributed by atoms with Gasteiger partial charge in [-0.3, -0.25) is 4.90 Å². The minimum Gasteiger partial charge on any atom is -0.554 e. The molecule has 1 unspecified atom stereocenters. The third kappa shape index (κ3) is 6.64. The summed E-state index contributed by atoms with van der Waals surface area (Å²) in [5, 5.41) is 24.3. The number of carboxylic acid groups (broad SMARTS) is 1. The molecule has 0 aliphatic carbocycles. The molecule has 5 rings (SSSR count). The number of anilines is 2. The Morgan fingerprint density at radius 1 is 1.24 bits per heavy atom. The molecule has 0 amide bonds. The number of methoxy groups -OCH3 is 1. The van der Waals surface area contributed by atoms with Crippen molar-refractivity contribution in [2.45, 2.75) is 44.5 Å². The number of carbonyl (C=O) groups excluding carboxylic acids is 2. The van der Waals surface area contributed by atoms with Gasteiger partial charge in [-0.2, -0.15) is 18.4 Å². The highest BCUT2D eigenvalue weighted by Gasteiger charge is 2.44. The van der Waals surface area contributed by atoms with Crippen LogP contribution in [0.5, 0.6) is 0 Å². The van der Waals surface area contributed by atoms with Crippen LogP contribution in [0.1, 0.15) is 48.1 Å². The Morgan fingerprint density at radius 3 is 2.48 bits per heavy atom. The van der Waals surface area contributed by atoms with Gasteiger partial charge in [0, 0.05) is 23.4 Å². The van der Waals surface area contributed by atoms with Gasteiger partial charge in [-0.25, -0.2) is 28.0 Å². The third-order valence-electron chi connectivity index (χ3n) is 8.13. The highest BCUT2D eigenvalue weighted by Crippen LogP contribution is 2.44. The number of hydrogen-bond donors (Lipinski definition) is 1. The summed E-state index contributed by atoms with van der Waals surface area (Å²) in [6.07, 6.45) is -5.29. The molecule has 16 heteroatoms. The van der Waals surface area contributed by atoms with Gasteiger partial charge < -0.3 is 19.1 Å². The first-order valence-corrected chi connectivity index (χ1v) is 13.8. The van der Waals surface area contributed by atoms with E-state index in [4.69, 9.17) is 14.6 Å². The van der Waals surface area contributed by atoms with Gasteiger partial charge in [0.05, 0.1) is 62.9 Å². The number of rotatable bonds is 5. The van der Waals surface area contributed by atoms with Crippen molar-refractivity contribution in [2.24, 2.45) is 0 Å². The first-order chi connectivity index (χ1) is 21.6. The highest BCUT2D eigenvalue weighted by molar-refractivity contribution is 5.93. The largest absolute Gasteiger partial charge is 0.554 e. The smallest absolute Gasteiger partial charge is 0.416 e. The summed E-state index contributed by atoms with van der Waals surface area (Å²) in [6, 6.07) is 9.98. The van der Waals surface area contributed by atoms with Crippen molar-refractivity contribution in [3.8, 4) is 6.07 Å². The molecule has 1 fully saturated rings. The summed E-state index contributed by atoms with van der Waals surface area (Å²) in [5.74, 6) is -3.69. The number of aromatic amines is 1. The van der Waals surface area contributed by atoms with Gasteiger partial charge in [-0.05, 0) is 42.8 Å². The number of piperidine rings is 1. The number of aromatic nitrogens is 3. The Labute approximate surface area is 259 Å². The van der Waals surface area contributed by atoms with Crippen molar-refractivity contribution in [3.05, 3.63) is 86.5 Å². The second-order valence-corrected chi connectivity index (χ2v) is 11.2. The standard InChI is InChI=1S/C29H27F5N6O3.CH2O2/c1-17-23(25(41)43-3)24(22-8-7-18(15-35)13-19(22)16-40(2)11-9-28(30,31)10-12-40)39-26(36-37-27(39)42)38(17)21-6-4-5-20(14-21)29(32,33)34;2-1-3/h4-8,13-14,24H,9-12,16H2,1-3H3;1H,(H,2,3). The summed E-state index contributed by atoms with van der Waals surface area (Å²) in [5.41, 5.74) is -0.331. The number of alkyl halides is 5. The van der Waals surface area contributed by atoms with E-state index in [0.717, 1.165) is 23.8 Å². The average molecular weight is 649 g/mol. The molecule has 3 heterocycles. The van der Waals surface area contributed by atoms with Crippen molar-refractivity contribution in [1.82, 2.24) is 14.8 Å². The first-order valence-electron chi connectivity index (χ1n) is 13.8. The van der Waals surface area contributed by atoms with E-state index in [2.05, 4.69) is 16.3 Å². The molecule has 1 atom stereocenters. The van der Waals surface area contributed by atoms with Crippen LogP contribution in [0.4, 0.5) is 33.6 Å². The number of H-pyrrole nitrogens is 1. The van der Waals surface area contributed by atoms with Crippen LogP contribution >= 0.6 is 0 Å². The van der Waals surface area contributed by atoms with Crippen LogP contribution in [0.25, 0.3) is 0 Å². The van der Waals surface area contributed by atoms with Crippen LogP contribution in [0.2, 0.25) is 0 Å². The Morgan fingerprint density at radius 2 is 1.89 bits per heavy atom. The minimum atomic E-state index is -4.66. The monoisotopic (exact) mass is 648 g/mol. The zero-order valence-electron chi connectivity index (χ0n) is 24.9. The highest BCUT2D eigenvalue weighted by atomic mass is 19.4. The Balaban J connectivity index is 0.00000154. The molecule has 1 saturated heterocycles. The lowest BCUT2D eigenvalue weighted by Crippen LogP contribution is -2.52. The maximum absolute atomic E-state index is 14.0. The molecule has 0 spiro atoms. The van der Waals surface area contributed by atoms with E-state index in [1.54, 1.807) is 12.1 Å². The van der Waals surface area contributed by atoms with E-state index in [0.29, 0.717) is 11.1 Å². The molecule has 244 valence electrons. The van der Waals surface area contributed by atoms with Gasteiger partial charge >= 0.3 is 17.8 Å². The van der Waals surface area contributed by atoms with Crippen LogP contribution in [0.15, 0.2) is 58.5 Å². The number of esters is 1. The van der Waals surface area contributed by atoms with E-state index in [1.165, 1.54) is 30.0 Å². The quantitative estimate of drug-likeness (QED) is 0.192. The van der Waals surface area contributed by atoms with Gasteiger partial charge in [0.1, 0.15) is 12.6 Å². The number of quaternary nitrogens is 1. The molecule has 0 saturated carbocycles. The number of nitrogens with zero attached hydrogens (tertiary/aromatic N) is 5.